The lowest BCUT2D eigenvalue weighted by Crippen LogP contribution is -2.02. The van der Waals surface area contributed by atoms with Crippen molar-refractivity contribution in [2.24, 2.45) is 0 Å². The van der Waals surface area contributed by atoms with Crippen LogP contribution in [0.25, 0.3) is 16.9 Å². The summed E-state index contributed by atoms with van der Waals surface area (Å²) >= 11 is 0. The third-order valence-electron chi connectivity index (χ3n) is 3.19. The summed E-state index contributed by atoms with van der Waals surface area (Å²) < 4.78 is 1.42. The summed E-state index contributed by atoms with van der Waals surface area (Å²) in [7, 11) is 0. The van der Waals surface area contributed by atoms with E-state index in [9.17, 15) is 14.9 Å². The number of pyridine rings is 1. The van der Waals surface area contributed by atoms with Crippen LogP contribution in [-0.4, -0.2) is 30.8 Å². The van der Waals surface area contributed by atoms with Gasteiger partial charge in [0, 0.05) is 30.1 Å². The van der Waals surface area contributed by atoms with Crippen LogP contribution in [-0.2, 0) is 0 Å². The quantitative estimate of drug-likeness (QED) is 0.585. The summed E-state index contributed by atoms with van der Waals surface area (Å²) in [6, 6.07) is 10.6. The Morgan fingerprint density at radius 3 is 2.52 bits per heavy atom. The zero-order valence-electron chi connectivity index (χ0n) is 11.7. The molecular formula is C15H10N4O4. The molecule has 23 heavy (non-hydrogen) atoms. The second kappa shape index (κ2) is 5.68. The Kier molecular flexibility index (Phi) is 3.55. The van der Waals surface area contributed by atoms with Gasteiger partial charge in [0.2, 0.25) is 0 Å². The zero-order valence-corrected chi connectivity index (χ0v) is 11.7. The molecule has 3 aromatic rings. The minimum atomic E-state index is -1.16. The molecule has 114 valence electrons. The number of carbonyl (C=O) groups is 1. The van der Waals surface area contributed by atoms with E-state index in [1.807, 2.05) is 0 Å². The van der Waals surface area contributed by atoms with Crippen molar-refractivity contribution in [3.8, 4) is 16.9 Å². The Morgan fingerprint density at radius 1 is 1.22 bits per heavy atom. The third kappa shape index (κ3) is 2.77. The van der Waals surface area contributed by atoms with E-state index in [4.69, 9.17) is 5.11 Å². The first-order valence-corrected chi connectivity index (χ1v) is 6.55. The van der Waals surface area contributed by atoms with E-state index in [1.54, 1.807) is 24.5 Å². The van der Waals surface area contributed by atoms with Crippen LogP contribution in [0, 0.1) is 10.1 Å². The number of non-ortho nitro benzene ring substituents is 1. The molecular weight excluding hydrogens is 300 g/mol. The molecule has 2 aromatic heterocycles. The molecule has 8 nitrogen and oxygen atoms in total. The molecule has 0 radical (unpaired) electrons. The molecule has 8 heteroatoms. The standard InChI is InChI=1S/C15H10N4O4/c20-15(21)13-8-14(10-2-1-7-16-9-10)18(17-13)11-3-5-12(6-4-11)19(22)23/h1-9H,(H,20,21). The Bertz CT molecular complexity index is 872. The highest BCUT2D eigenvalue weighted by Crippen LogP contribution is 2.24. The number of aromatic carboxylic acids is 1. The minimum absolute atomic E-state index is 0.0534. The molecule has 0 aliphatic heterocycles. The van der Waals surface area contributed by atoms with Gasteiger partial charge in [-0.2, -0.15) is 5.10 Å². The number of carboxylic acid groups (broad SMARTS) is 1. The minimum Gasteiger partial charge on any atom is -0.476 e. The van der Waals surface area contributed by atoms with Gasteiger partial charge >= 0.3 is 5.97 Å². The maximum absolute atomic E-state index is 11.2. The average molecular weight is 310 g/mol. The van der Waals surface area contributed by atoms with Crippen LogP contribution in [0.5, 0.6) is 0 Å². The molecule has 1 aromatic carbocycles. The first-order valence-electron chi connectivity index (χ1n) is 6.55. The number of rotatable bonds is 4. The van der Waals surface area contributed by atoms with Crippen LogP contribution < -0.4 is 0 Å². The first kappa shape index (κ1) is 14.4. The van der Waals surface area contributed by atoms with E-state index in [2.05, 4.69) is 10.1 Å². The molecule has 2 heterocycles. The van der Waals surface area contributed by atoms with Crippen LogP contribution in [0.15, 0.2) is 54.9 Å². The van der Waals surface area contributed by atoms with Crippen molar-refractivity contribution in [3.05, 3.63) is 70.7 Å². The maximum atomic E-state index is 11.2. The van der Waals surface area contributed by atoms with Crippen molar-refractivity contribution in [1.29, 1.82) is 0 Å². The van der Waals surface area contributed by atoms with Gasteiger partial charge in [-0.15, -0.1) is 0 Å². The highest BCUT2D eigenvalue weighted by atomic mass is 16.6. The van der Waals surface area contributed by atoms with Gasteiger partial charge in [-0.05, 0) is 30.3 Å². The zero-order chi connectivity index (χ0) is 16.4. The summed E-state index contributed by atoms with van der Waals surface area (Å²) in [5.41, 5.74) is 1.56. The predicted molar refractivity (Wildman–Crippen MR) is 80.4 cm³/mol. The summed E-state index contributed by atoms with van der Waals surface area (Å²) in [4.78, 5) is 25.4. The van der Waals surface area contributed by atoms with Crippen molar-refractivity contribution >= 4 is 11.7 Å². The number of carboxylic acids is 1. The summed E-state index contributed by atoms with van der Waals surface area (Å²) in [6.07, 6.45) is 3.19. The molecule has 0 saturated heterocycles. The molecule has 0 atom stereocenters. The number of nitro benzene ring substituents is 1. The van der Waals surface area contributed by atoms with Crippen LogP contribution >= 0.6 is 0 Å². The third-order valence-corrected chi connectivity index (χ3v) is 3.19. The largest absolute Gasteiger partial charge is 0.476 e. The number of hydrogen-bond donors (Lipinski definition) is 1. The lowest BCUT2D eigenvalue weighted by Gasteiger charge is -2.06. The molecule has 0 bridgehead atoms. The predicted octanol–water partition coefficient (Wildman–Crippen LogP) is 2.54. The number of benzene rings is 1. The van der Waals surface area contributed by atoms with Gasteiger partial charge in [-0.1, -0.05) is 0 Å². The Morgan fingerprint density at radius 2 is 1.96 bits per heavy atom. The van der Waals surface area contributed by atoms with Crippen LogP contribution in [0.1, 0.15) is 10.5 Å². The van der Waals surface area contributed by atoms with E-state index in [-0.39, 0.29) is 11.4 Å². The normalized spacial score (nSPS) is 10.4. The van der Waals surface area contributed by atoms with Crippen molar-refractivity contribution in [2.75, 3.05) is 0 Å². The Labute approximate surface area is 129 Å². The maximum Gasteiger partial charge on any atom is 0.356 e. The van der Waals surface area contributed by atoms with Gasteiger partial charge in [-0.3, -0.25) is 15.1 Å². The monoisotopic (exact) mass is 310 g/mol. The molecule has 0 spiro atoms. The van der Waals surface area contributed by atoms with Gasteiger partial charge in [0.25, 0.3) is 5.69 Å². The average Bonchev–Trinajstić information content (AvgIpc) is 3.01. The van der Waals surface area contributed by atoms with E-state index in [1.165, 1.54) is 35.0 Å². The van der Waals surface area contributed by atoms with E-state index in [0.29, 0.717) is 16.9 Å². The number of nitro groups is 1. The molecule has 0 fully saturated rings. The van der Waals surface area contributed by atoms with Gasteiger partial charge in [-0.25, -0.2) is 9.48 Å². The lowest BCUT2D eigenvalue weighted by molar-refractivity contribution is -0.384. The second-order valence-corrected chi connectivity index (χ2v) is 4.65. The molecule has 0 amide bonds. The van der Waals surface area contributed by atoms with E-state index < -0.39 is 10.9 Å². The molecule has 0 aliphatic carbocycles. The molecule has 1 N–H and O–H groups in total. The second-order valence-electron chi connectivity index (χ2n) is 4.65. The fraction of sp³-hybridized carbons (Fsp3) is 0. The topological polar surface area (TPSA) is 111 Å². The Balaban J connectivity index is 2.14. The number of aromatic nitrogens is 3. The van der Waals surface area contributed by atoms with Crippen LogP contribution in [0.2, 0.25) is 0 Å². The summed E-state index contributed by atoms with van der Waals surface area (Å²) in [6.45, 7) is 0. The molecule has 3 rings (SSSR count). The van der Waals surface area contributed by atoms with Crippen molar-refractivity contribution in [1.82, 2.24) is 14.8 Å². The first-order chi connectivity index (χ1) is 11.1. The SMILES string of the molecule is O=C(O)c1cc(-c2cccnc2)n(-c2ccc([N+](=O)[O-])cc2)n1. The number of nitrogens with zero attached hydrogens (tertiary/aromatic N) is 4. The fourth-order valence-electron chi connectivity index (χ4n) is 2.12. The molecule has 0 aliphatic rings. The van der Waals surface area contributed by atoms with E-state index in [0.717, 1.165) is 0 Å². The van der Waals surface area contributed by atoms with Crippen molar-refractivity contribution in [3.63, 3.8) is 0 Å². The highest BCUT2D eigenvalue weighted by Gasteiger charge is 2.16. The van der Waals surface area contributed by atoms with Crippen molar-refractivity contribution < 1.29 is 14.8 Å². The summed E-state index contributed by atoms with van der Waals surface area (Å²) in [5, 5.41) is 23.9. The van der Waals surface area contributed by atoms with Gasteiger partial charge in [0.1, 0.15) is 0 Å². The number of hydrogen-bond acceptors (Lipinski definition) is 5. The molecule has 0 unspecified atom stereocenters. The van der Waals surface area contributed by atoms with Gasteiger partial charge in [0.05, 0.1) is 16.3 Å². The van der Waals surface area contributed by atoms with Crippen LogP contribution in [0.3, 0.4) is 0 Å². The summed E-state index contributed by atoms with van der Waals surface area (Å²) in [5.74, 6) is -1.16. The fourth-order valence-corrected chi connectivity index (χ4v) is 2.12. The molecule has 0 saturated carbocycles. The Hall–Kier alpha value is -3.55. The van der Waals surface area contributed by atoms with Gasteiger partial charge < -0.3 is 5.11 Å². The van der Waals surface area contributed by atoms with Crippen molar-refractivity contribution in [2.45, 2.75) is 0 Å². The smallest absolute Gasteiger partial charge is 0.356 e. The van der Waals surface area contributed by atoms with Gasteiger partial charge in [0.15, 0.2) is 5.69 Å². The lowest BCUT2D eigenvalue weighted by atomic mass is 10.2. The highest BCUT2D eigenvalue weighted by molar-refractivity contribution is 5.87. The van der Waals surface area contributed by atoms with Crippen LogP contribution in [0.4, 0.5) is 5.69 Å². The van der Waals surface area contributed by atoms with E-state index >= 15 is 0 Å².